The van der Waals surface area contributed by atoms with Crippen LogP contribution in [-0.4, -0.2) is 16.1 Å². The Morgan fingerprint density at radius 2 is 2.15 bits per heavy atom. The van der Waals surface area contributed by atoms with E-state index >= 15 is 0 Å². The van der Waals surface area contributed by atoms with Crippen LogP contribution < -0.4 is 0 Å². The zero-order valence-corrected chi connectivity index (χ0v) is 12.7. The van der Waals surface area contributed by atoms with E-state index in [9.17, 15) is 9.90 Å². The summed E-state index contributed by atoms with van der Waals surface area (Å²) in [6.45, 7) is 0. The number of aromatic carboxylic acids is 1. The fourth-order valence-corrected chi connectivity index (χ4v) is 3.56. The molecule has 0 amide bonds. The second-order valence-electron chi connectivity index (χ2n) is 4.81. The summed E-state index contributed by atoms with van der Waals surface area (Å²) in [7, 11) is 0. The van der Waals surface area contributed by atoms with Crippen molar-refractivity contribution < 1.29 is 9.90 Å². The van der Waals surface area contributed by atoms with Crippen LogP contribution in [0.5, 0.6) is 0 Å². The molecule has 0 radical (unpaired) electrons. The van der Waals surface area contributed by atoms with Crippen molar-refractivity contribution in [2.45, 2.75) is 25.2 Å². The van der Waals surface area contributed by atoms with Crippen molar-refractivity contribution in [3.05, 3.63) is 49.4 Å². The molecular formula is C14H11Cl2NO2S. The van der Waals surface area contributed by atoms with Gasteiger partial charge < -0.3 is 5.11 Å². The van der Waals surface area contributed by atoms with Crippen molar-refractivity contribution in [1.82, 2.24) is 4.98 Å². The van der Waals surface area contributed by atoms with Gasteiger partial charge in [0.25, 0.3) is 0 Å². The number of hydrogen-bond donors (Lipinski definition) is 1. The molecule has 104 valence electrons. The Morgan fingerprint density at radius 1 is 1.40 bits per heavy atom. The van der Waals surface area contributed by atoms with Crippen LogP contribution in [0, 0.1) is 0 Å². The summed E-state index contributed by atoms with van der Waals surface area (Å²) < 4.78 is 0. The minimum atomic E-state index is -0.891. The Hall–Kier alpha value is -1.10. The van der Waals surface area contributed by atoms with Gasteiger partial charge in [0.1, 0.15) is 4.88 Å². The molecule has 0 bridgehead atoms. The van der Waals surface area contributed by atoms with E-state index in [1.807, 2.05) is 6.07 Å². The first-order valence-corrected chi connectivity index (χ1v) is 7.78. The molecule has 3 rings (SSSR count). The summed E-state index contributed by atoms with van der Waals surface area (Å²) >= 11 is 13.2. The molecule has 6 heteroatoms. The molecule has 2 aromatic rings. The summed E-state index contributed by atoms with van der Waals surface area (Å²) in [5.41, 5.74) is 1.65. The first kappa shape index (κ1) is 13.9. The summed E-state index contributed by atoms with van der Waals surface area (Å²) in [5, 5.41) is 11.2. The number of benzene rings is 1. The standard InChI is InChI=1S/C14H11Cl2NO2S/c15-9-4-3-8(10(16)6-9)5-11-17-12(7-1-2-7)13(20-11)14(18)19/h3-4,6-7H,1-2,5H2,(H,18,19). The lowest BCUT2D eigenvalue weighted by molar-refractivity contribution is 0.0700. The first-order chi connectivity index (χ1) is 9.54. The van der Waals surface area contributed by atoms with Crippen molar-refractivity contribution in [2.75, 3.05) is 0 Å². The quantitative estimate of drug-likeness (QED) is 0.891. The molecule has 1 aromatic carbocycles. The number of halogens is 2. The molecule has 1 heterocycles. The van der Waals surface area contributed by atoms with Gasteiger partial charge in [-0.1, -0.05) is 29.3 Å². The van der Waals surface area contributed by atoms with E-state index in [0.717, 1.165) is 29.1 Å². The average Bonchev–Trinajstić information content (AvgIpc) is 3.14. The van der Waals surface area contributed by atoms with Crippen molar-refractivity contribution in [3.63, 3.8) is 0 Å². The molecule has 1 aliphatic rings. The SMILES string of the molecule is O=C(O)c1sc(Cc2ccc(Cl)cc2Cl)nc1C1CC1. The fourth-order valence-electron chi connectivity index (χ4n) is 2.07. The summed E-state index contributed by atoms with van der Waals surface area (Å²) in [4.78, 5) is 16.1. The highest BCUT2D eigenvalue weighted by Gasteiger charge is 2.32. The van der Waals surface area contributed by atoms with Gasteiger partial charge in [-0.3, -0.25) is 0 Å². The predicted octanol–water partition coefficient (Wildman–Crippen LogP) is 4.62. The van der Waals surface area contributed by atoms with Crippen molar-refractivity contribution in [2.24, 2.45) is 0 Å². The van der Waals surface area contributed by atoms with E-state index in [1.165, 1.54) is 11.3 Å². The number of rotatable bonds is 4. The van der Waals surface area contributed by atoms with E-state index in [1.54, 1.807) is 12.1 Å². The van der Waals surface area contributed by atoms with Gasteiger partial charge in [-0.2, -0.15) is 0 Å². The van der Waals surface area contributed by atoms with Crippen LogP contribution in [0.25, 0.3) is 0 Å². The fraction of sp³-hybridized carbons (Fsp3) is 0.286. The predicted molar refractivity (Wildman–Crippen MR) is 80.3 cm³/mol. The molecule has 0 spiro atoms. The molecule has 1 aliphatic carbocycles. The third-order valence-corrected chi connectivity index (χ3v) is 4.86. The Bertz CT molecular complexity index is 680. The first-order valence-electron chi connectivity index (χ1n) is 6.21. The number of nitrogens with zero attached hydrogens (tertiary/aromatic N) is 1. The third kappa shape index (κ3) is 2.82. The molecule has 0 atom stereocenters. The molecule has 1 aromatic heterocycles. The molecule has 1 fully saturated rings. The van der Waals surface area contributed by atoms with Gasteiger partial charge in [0.15, 0.2) is 0 Å². The molecule has 3 nitrogen and oxygen atoms in total. The van der Waals surface area contributed by atoms with Gasteiger partial charge >= 0.3 is 5.97 Å². The third-order valence-electron chi connectivity index (χ3n) is 3.21. The molecular weight excluding hydrogens is 317 g/mol. The van der Waals surface area contributed by atoms with Crippen LogP contribution in [0.1, 0.15) is 44.7 Å². The second-order valence-corrected chi connectivity index (χ2v) is 6.74. The van der Waals surface area contributed by atoms with Crippen LogP contribution in [0.15, 0.2) is 18.2 Å². The number of carbonyl (C=O) groups is 1. The lowest BCUT2D eigenvalue weighted by atomic mass is 10.1. The topological polar surface area (TPSA) is 50.2 Å². The maximum absolute atomic E-state index is 11.3. The van der Waals surface area contributed by atoms with Gasteiger partial charge in [-0.05, 0) is 30.5 Å². The number of carboxylic acid groups (broad SMARTS) is 1. The van der Waals surface area contributed by atoms with Crippen LogP contribution in [0.3, 0.4) is 0 Å². The van der Waals surface area contributed by atoms with Crippen LogP contribution >= 0.6 is 34.5 Å². The molecule has 20 heavy (non-hydrogen) atoms. The van der Waals surface area contributed by atoms with E-state index in [2.05, 4.69) is 4.98 Å². The van der Waals surface area contributed by atoms with E-state index in [4.69, 9.17) is 23.2 Å². The normalized spacial score (nSPS) is 14.5. The molecule has 0 unspecified atom stereocenters. The summed E-state index contributed by atoms with van der Waals surface area (Å²) in [6.07, 6.45) is 2.60. The van der Waals surface area contributed by atoms with Crippen LogP contribution in [0.2, 0.25) is 10.0 Å². The molecule has 1 saturated carbocycles. The van der Waals surface area contributed by atoms with Crippen LogP contribution in [0.4, 0.5) is 0 Å². The minimum Gasteiger partial charge on any atom is -0.477 e. The zero-order valence-electron chi connectivity index (χ0n) is 10.4. The monoisotopic (exact) mass is 327 g/mol. The number of thiazole rings is 1. The lowest BCUT2D eigenvalue weighted by Crippen LogP contribution is -1.97. The highest BCUT2D eigenvalue weighted by atomic mass is 35.5. The molecule has 0 aliphatic heterocycles. The Kier molecular flexibility index (Phi) is 3.71. The van der Waals surface area contributed by atoms with E-state index < -0.39 is 5.97 Å². The van der Waals surface area contributed by atoms with Gasteiger partial charge in [-0.15, -0.1) is 11.3 Å². The summed E-state index contributed by atoms with van der Waals surface area (Å²) in [5.74, 6) is -0.565. The Balaban J connectivity index is 1.90. The molecule has 0 saturated heterocycles. The Labute approximate surface area is 130 Å². The number of aromatic nitrogens is 1. The van der Waals surface area contributed by atoms with Gasteiger partial charge in [0, 0.05) is 22.4 Å². The van der Waals surface area contributed by atoms with Crippen LogP contribution in [-0.2, 0) is 6.42 Å². The number of hydrogen-bond acceptors (Lipinski definition) is 3. The van der Waals surface area contributed by atoms with Gasteiger partial charge in [0.05, 0.1) is 10.7 Å². The average molecular weight is 328 g/mol. The lowest BCUT2D eigenvalue weighted by Gasteiger charge is -2.01. The van der Waals surface area contributed by atoms with E-state index in [-0.39, 0.29) is 0 Å². The molecule has 1 N–H and O–H groups in total. The highest BCUT2D eigenvalue weighted by molar-refractivity contribution is 7.13. The zero-order chi connectivity index (χ0) is 14.3. The maximum Gasteiger partial charge on any atom is 0.347 e. The second kappa shape index (κ2) is 5.35. The minimum absolute atomic E-state index is 0.326. The Morgan fingerprint density at radius 3 is 2.75 bits per heavy atom. The number of carboxylic acids is 1. The maximum atomic E-state index is 11.3. The van der Waals surface area contributed by atoms with Crippen molar-refractivity contribution in [3.8, 4) is 0 Å². The van der Waals surface area contributed by atoms with E-state index in [0.29, 0.717) is 27.3 Å². The smallest absolute Gasteiger partial charge is 0.347 e. The van der Waals surface area contributed by atoms with Crippen molar-refractivity contribution in [1.29, 1.82) is 0 Å². The van der Waals surface area contributed by atoms with Crippen molar-refractivity contribution >= 4 is 40.5 Å². The van der Waals surface area contributed by atoms with Gasteiger partial charge in [0.2, 0.25) is 0 Å². The highest BCUT2D eigenvalue weighted by Crippen LogP contribution is 2.43. The largest absolute Gasteiger partial charge is 0.477 e. The van der Waals surface area contributed by atoms with Gasteiger partial charge in [-0.25, -0.2) is 9.78 Å². The summed E-state index contributed by atoms with van der Waals surface area (Å²) in [6, 6.07) is 5.31.